The third kappa shape index (κ3) is 1.48. The first-order chi connectivity index (χ1) is 4.20. The number of rotatable bonds is 0. The third-order valence-electron chi connectivity index (χ3n) is 1.02. The van der Waals surface area contributed by atoms with E-state index in [9.17, 15) is 0 Å². The molecule has 0 saturated heterocycles. The van der Waals surface area contributed by atoms with Crippen molar-refractivity contribution in [1.82, 2.24) is 0 Å². The summed E-state index contributed by atoms with van der Waals surface area (Å²) in [7, 11) is 0. The van der Waals surface area contributed by atoms with Crippen LogP contribution >= 0.6 is 22.6 Å². The summed E-state index contributed by atoms with van der Waals surface area (Å²) in [6.07, 6.45) is 0. The summed E-state index contributed by atoms with van der Waals surface area (Å²) in [6.45, 7) is 0. The zero-order chi connectivity index (χ0) is 6.85. The maximum atomic E-state index is 5.53. The number of hydrogen-bond acceptors (Lipinski definition) is 2. The second kappa shape index (κ2) is 2.43. The monoisotopic (exact) mass is 234 g/mol. The minimum absolute atomic E-state index is 0.758. The Bertz CT molecular complexity index is 222. The summed E-state index contributed by atoms with van der Waals surface area (Å²) in [5, 5.41) is 0. The van der Waals surface area contributed by atoms with Crippen molar-refractivity contribution in [3.63, 3.8) is 0 Å². The van der Waals surface area contributed by atoms with Crippen molar-refractivity contribution in [3.05, 3.63) is 21.8 Å². The Morgan fingerprint density at radius 3 is 2.33 bits per heavy atom. The lowest BCUT2D eigenvalue weighted by Crippen LogP contribution is -1.91. The third-order valence-corrected chi connectivity index (χ3v) is 1.96. The molecule has 0 aliphatic heterocycles. The van der Waals surface area contributed by atoms with Gasteiger partial charge in [0.05, 0.1) is 0 Å². The molecule has 9 heavy (non-hydrogen) atoms. The molecule has 3 heteroatoms. The van der Waals surface area contributed by atoms with Crippen LogP contribution in [0.3, 0.4) is 0 Å². The second-order valence-electron chi connectivity index (χ2n) is 1.78. The predicted molar refractivity (Wildman–Crippen MR) is 48.0 cm³/mol. The summed E-state index contributed by atoms with van der Waals surface area (Å²) < 4.78 is 1.01. The van der Waals surface area contributed by atoms with E-state index < -0.39 is 0 Å². The molecule has 48 valence electrons. The van der Waals surface area contributed by atoms with Crippen LogP contribution in [0.2, 0.25) is 0 Å². The summed E-state index contributed by atoms with van der Waals surface area (Å²) >= 11 is 2.14. The number of halogens is 1. The Labute approximate surface area is 67.4 Å². The van der Waals surface area contributed by atoms with Crippen LogP contribution < -0.4 is 11.5 Å². The van der Waals surface area contributed by atoms with E-state index in [0.717, 1.165) is 14.9 Å². The first kappa shape index (κ1) is 6.67. The Morgan fingerprint density at radius 1 is 1.22 bits per heavy atom. The highest BCUT2D eigenvalue weighted by Crippen LogP contribution is 2.16. The molecule has 0 spiro atoms. The van der Waals surface area contributed by atoms with E-state index in [-0.39, 0.29) is 0 Å². The summed E-state index contributed by atoms with van der Waals surface area (Å²) in [5.74, 6) is 0. The van der Waals surface area contributed by atoms with Crippen molar-refractivity contribution < 1.29 is 0 Å². The number of hydrogen-bond donors (Lipinski definition) is 2. The van der Waals surface area contributed by atoms with Crippen molar-refractivity contribution in [3.8, 4) is 0 Å². The van der Waals surface area contributed by atoms with E-state index in [2.05, 4.69) is 22.6 Å². The molecular weight excluding hydrogens is 227 g/mol. The number of benzene rings is 1. The molecule has 0 aliphatic carbocycles. The lowest BCUT2D eigenvalue weighted by atomic mass is 10.3. The molecule has 0 amide bonds. The van der Waals surface area contributed by atoms with E-state index in [1.165, 1.54) is 0 Å². The van der Waals surface area contributed by atoms with Gasteiger partial charge in [-0.05, 0) is 40.8 Å². The SMILES string of the molecule is Nc1ccc(N)c(I)c1. The van der Waals surface area contributed by atoms with E-state index >= 15 is 0 Å². The molecule has 4 N–H and O–H groups in total. The van der Waals surface area contributed by atoms with Crippen molar-refractivity contribution in [2.45, 2.75) is 0 Å². The summed E-state index contributed by atoms with van der Waals surface area (Å²) in [6, 6.07) is 5.44. The molecule has 1 aromatic carbocycles. The van der Waals surface area contributed by atoms with Crippen LogP contribution in [0, 0.1) is 3.57 Å². The highest BCUT2D eigenvalue weighted by Gasteiger charge is 1.92. The van der Waals surface area contributed by atoms with Gasteiger partial charge in [0.25, 0.3) is 0 Å². The quantitative estimate of drug-likeness (QED) is 0.527. The Kier molecular flexibility index (Phi) is 1.80. The van der Waals surface area contributed by atoms with Crippen LogP contribution in [0.25, 0.3) is 0 Å². The van der Waals surface area contributed by atoms with Gasteiger partial charge in [-0.2, -0.15) is 0 Å². The van der Waals surface area contributed by atoms with Crippen LogP contribution in [0.4, 0.5) is 11.4 Å². The molecule has 0 aromatic heterocycles. The molecule has 0 radical (unpaired) electrons. The van der Waals surface area contributed by atoms with Crippen LogP contribution in [0.1, 0.15) is 0 Å². The zero-order valence-corrected chi connectivity index (χ0v) is 6.92. The van der Waals surface area contributed by atoms with Crippen LogP contribution in [0.5, 0.6) is 0 Å². The maximum Gasteiger partial charge on any atom is 0.0451 e. The lowest BCUT2D eigenvalue weighted by molar-refractivity contribution is 1.62. The molecule has 0 fully saturated rings. The van der Waals surface area contributed by atoms with Gasteiger partial charge >= 0.3 is 0 Å². The standard InChI is InChI=1S/C6H7IN2/c7-5-3-4(8)1-2-6(5)9/h1-3H,8-9H2. The van der Waals surface area contributed by atoms with Gasteiger partial charge in [0.2, 0.25) is 0 Å². The zero-order valence-electron chi connectivity index (χ0n) is 4.76. The first-order valence-electron chi connectivity index (χ1n) is 2.50. The minimum atomic E-state index is 0.758. The normalized spacial score (nSPS) is 9.44. The van der Waals surface area contributed by atoms with Gasteiger partial charge in [0, 0.05) is 14.9 Å². The van der Waals surface area contributed by atoms with Crippen molar-refractivity contribution >= 4 is 34.0 Å². The van der Waals surface area contributed by atoms with Gasteiger partial charge in [-0.1, -0.05) is 0 Å². The molecular formula is C6H7IN2. The highest BCUT2D eigenvalue weighted by atomic mass is 127. The molecule has 0 unspecified atom stereocenters. The molecule has 0 saturated carbocycles. The fourth-order valence-electron chi connectivity index (χ4n) is 0.543. The Morgan fingerprint density at radius 2 is 1.89 bits per heavy atom. The first-order valence-corrected chi connectivity index (χ1v) is 3.58. The molecule has 0 heterocycles. The molecule has 1 aromatic rings. The van der Waals surface area contributed by atoms with Crippen LogP contribution in [-0.2, 0) is 0 Å². The van der Waals surface area contributed by atoms with Gasteiger partial charge < -0.3 is 11.5 Å². The van der Waals surface area contributed by atoms with Crippen LogP contribution in [0.15, 0.2) is 18.2 Å². The minimum Gasteiger partial charge on any atom is -0.399 e. The smallest absolute Gasteiger partial charge is 0.0451 e. The second-order valence-corrected chi connectivity index (χ2v) is 2.94. The fourth-order valence-corrected chi connectivity index (χ4v) is 1.08. The number of anilines is 2. The molecule has 0 bridgehead atoms. The topological polar surface area (TPSA) is 52.0 Å². The highest BCUT2D eigenvalue weighted by molar-refractivity contribution is 14.1. The van der Waals surface area contributed by atoms with E-state index in [0.29, 0.717) is 0 Å². The summed E-state index contributed by atoms with van der Waals surface area (Å²) in [4.78, 5) is 0. The van der Waals surface area contributed by atoms with E-state index in [4.69, 9.17) is 11.5 Å². The van der Waals surface area contributed by atoms with Crippen molar-refractivity contribution in [2.24, 2.45) is 0 Å². The Balaban J connectivity index is 3.17. The molecule has 1 rings (SSSR count). The number of nitrogens with two attached hydrogens (primary N) is 2. The van der Waals surface area contributed by atoms with Gasteiger partial charge in [-0.3, -0.25) is 0 Å². The molecule has 0 aliphatic rings. The average molecular weight is 234 g/mol. The van der Waals surface area contributed by atoms with E-state index in [1.54, 1.807) is 12.1 Å². The van der Waals surface area contributed by atoms with Crippen molar-refractivity contribution in [1.29, 1.82) is 0 Å². The largest absolute Gasteiger partial charge is 0.399 e. The molecule has 0 atom stereocenters. The van der Waals surface area contributed by atoms with E-state index in [1.807, 2.05) is 6.07 Å². The van der Waals surface area contributed by atoms with Gasteiger partial charge in [0.15, 0.2) is 0 Å². The lowest BCUT2D eigenvalue weighted by Gasteiger charge is -1.96. The predicted octanol–water partition coefficient (Wildman–Crippen LogP) is 1.46. The Hall–Kier alpha value is -0.450. The number of nitrogen functional groups attached to an aromatic ring is 2. The summed E-state index contributed by atoms with van der Waals surface area (Å²) in [5.41, 5.74) is 12.5. The van der Waals surface area contributed by atoms with Crippen LogP contribution in [-0.4, -0.2) is 0 Å². The average Bonchev–Trinajstić information content (AvgIpc) is 1.80. The molecule has 2 nitrogen and oxygen atoms in total. The van der Waals surface area contributed by atoms with Crippen molar-refractivity contribution in [2.75, 3.05) is 11.5 Å². The fraction of sp³-hybridized carbons (Fsp3) is 0. The van der Waals surface area contributed by atoms with Gasteiger partial charge in [0.1, 0.15) is 0 Å². The maximum absolute atomic E-state index is 5.53. The van der Waals surface area contributed by atoms with Gasteiger partial charge in [-0.15, -0.1) is 0 Å². The van der Waals surface area contributed by atoms with Gasteiger partial charge in [-0.25, -0.2) is 0 Å².